The lowest BCUT2D eigenvalue weighted by Crippen LogP contribution is -2.32. The van der Waals surface area contributed by atoms with Crippen LogP contribution in [0.4, 0.5) is 0 Å². The van der Waals surface area contributed by atoms with Crippen LogP contribution in [-0.2, 0) is 14.6 Å². The van der Waals surface area contributed by atoms with Gasteiger partial charge in [0.15, 0.2) is 0 Å². The molecular weight excluding hydrogens is 286 g/mol. The van der Waals surface area contributed by atoms with Gasteiger partial charge < -0.3 is 4.90 Å². The number of hydrogen-bond donors (Lipinski definition) is 0. The first kappa shape index (κ1) is 16.0. The molecule has 1 amide bonds. The standard InChI is InChI=1S/C16H23NO3S/c1-12-6-4-7-14(13(12)2)15-8-5-10-17(15)16(18)9-11-21(3,19)20/h4,6-7,15H,5,8-11H2,1-3H3/t15-/m1/s1. The Bertz CT molecular complexity index is 637. The van der Waals surface area contributed by atoms with E-state index in [2.05, 4.69) is 26.0 Å². The molecule has 1 fully saturated rings. The van der Waals surface area contributed by atoms with Crippen molar-refractivity contribution in [2.45, 2.75) is 39.2 Å². The maximum absolute atomic E-state index is 12.3. The van der Waals surface area contributed by atoms with E-state index >= 15 is 0 Å². The Morgan fingerprint density at radius 1 is 1.33 bits per heavy atom. The maximum Gasteiger partial charge on any atom is 0.224 e. The lowest BCUT2D eigenvalue weighted by molar-refractivity contribution is -0.131. The summed E-state index contributed by atoms with van der Waals surface area (Å²) in [5.74, 6) is -0.120. The molecule has 0 bridgehead atoms. The molecule has 0 unspecified atom stereocenters. The van der Waals surface area contributed by atoms with Crippen LogP contribution in [0.15, 0.2) is 18.2 Å². The normalized spacial score (nSPS) is 19.0. The molecule has 5 heteroatoms. The number of aryl methyl sites for hydroxylation is 1. The average Bonchev–Trinajstić information content (AvgIpc) is 2.87. The second-order valence-corrected chi connectivity index (χ2v) is 8.17. The van der Waals surface area contributed by atoms with Crippen LogP contribution in [0.5, 0.6) is 0 Å². The highest BCUT2D eigenvalue weighted by atomic mass is 32.2. The average molecular weight is 309 g/mol. The summed E-state index contributed by atoms with van der Waals surface area (Å²) in [4.78, 5) is 14.2. The predicted octanol–water partition coefficient (Wildman–Crippen LogP) is 2.40. The van der Waals surface area contributed by atoms with E-state index in [0.29, 0.717) is 0 Å². The highest BCUT2D eigenvalue weighted by Crippen LogP contribution is 2.34. The highest BCUT2D eigenvalue weighted by Gasteiger charge is 2.31. The number of nitrogens with zero attached hydrogens (tertiary/aromatic N) is 1. The Labute approximate surface area is 127 Å². The molecule has 0 aliphatic carbocycles. The van der Waals surface area contributed by atoms with E-state index in [-0.39, 0.29) is 24.1 Å². The summed E-state index contributed by atoms with van der Waals surface area (Å²) in [6, 6.07) is 6.27. The number of benzene rings is 1. The molecule has 21 heavy (non-hydrogen) atoms. The zero-order valence-corrected chi connectivity index (χ0v) is 13.7. The Morgan fingerprint density at radius 2 is 2.05 bits per heavy atom. The van der Waals surface area contributed by atoms with Gasteiger partial charge in [-0.3, -0.25) is 4.79 Å². The van der Waals surface area contributed by atoms with E-state index in [1.165, 1.54) is 22.9 Å². The molecule has 1 aliphatic rings. The molecule has 1 heterocycles. The monoisotopic (exact) mass is 309 g/mol. The lowest BCUT2D eigenvalue weighted by atomic mass is 9.96. The third kappa shape index (κ3) is 3.84. The number of carbonyl (C=O) groups excluding carboxylic acids is 1. The van der Waals surface area contributed by atoms with Crippen LogP contribution in [-0.4, -0.2) is 37.8 Å². The van der Waals surface area contributed by atoms with Gasteiger partial charge in [0, 0.05) is 19.2 Å². The first-order valence-electron chi connectivity index (χ1n) is 7.33. The van der Waals surface area contributed by atoms with Crippen molar-refractivity contribution in [2.75, 3.05) is 18.6 Å². The van der Waals surface area contributed by atoms with E-state index < -0.39 is 9.84 Å². The number of likely N-dealkylation sites (tertiary alicyclic amines) is 1. The largest absolute Gasteiger partial charge is 0.336 e. The third-order valence-corrected chi connectivity index (χ3v) is 5.21. The first-order chi connectivity index (χ1) is 9.79. The Morgan fingerprint density at radius 3 is 2.71 bits per heavy atom. The molecule has 1 aliphatic heterocycles. The Balaban J connectivity index is 2.17. The second kappa shape index (κ2) is 6.18. The predicted molar refractivity (Wildman–Crippen MR) is 83.9 cm³/mol. The third-order valence-electron chi connectivity index (χ3n) is 4.27. The van der Waals surface area contributed by atoms with Crippen molar-refractivity contribution in [3.05, 3.63) is 34.9 Å². The first-order valence-corrected chi connectivity index (χ1v) is 9.39. The SMILES string of the molecule is Cc1cccc([C@H]2CCCN2C(=O)CCS(C)(=O)=O)c1C. The quantitative estimate of drug-likeness (QED) is 0.858. The number of sulfone groups is 1. The minimum atomic E-state index is -3.09. The van der Waals surface area contributed by atoms with Crippen LogP contribution in [0.2, 0.25) is 0 Å². The van der Waals surface area contributed by atoms with Gasteiger partial charge in [-0.05, 0) is 43.4 Å². The molecule has 0 spiro atoms. The molecule has 2 rings (SSSR count). The summed E-state index contributed by atoms with van der Waals surface area (Å²) >= 11 is 0. The van der Waals surface area contributed by atoms with Gasteiger partial charge in [0.1, 0.15) is 9.84 Å². The van der Waals surface area contributed by atoms with Gasteiger partial charge in [-0.2, -0.15) is 0 Å². The van der Waals surface area contributed by atoms with Gasteiger partial charge in [0.2, 0.25) is 5.91 Å². The van der Waals surface area contributed by atoms with Gasteiger partial charge in [0.05, 0.1) is 11.8 Å². The van der Waals surface area contributed by atoms with E-state index in [1.54, 1.807) is 0 Å². The maximum atomic E-state index is 12.3. The molecular formula is C16H23NO3S. The van der Waals surface area contributed by atoms with E-state index in [9.17, 15) is 13.2 Å². The molecule has 0 aromatic heterocycles. The minimum Gasteiger partial charge on any atom is -0.336 e. The summed E-state index contributed by atoms with van der Waals surface area (Å²) in [7, 11) is -3.09. The molecule has 0 radical (unpaired) electrons. The minimum absolute atomic E-state index is 0.0520. The molecule has 0 N–H and O–H groups in total. The Hall–Kier alpha value is -1.36. The lowest BCUT2D eigenvalue weighted by Gasteiger charge is -2.27. The molecule has 1 aromatic rings. The Kier molecular flexibility index (Phi) is 4.71. The fourth-order valence-electron chi connectivity index (χ4n) is 2.94. The van der Waals surface area contributed by atoms with Crippen molar-refractivity contribution in [3.63, 3.8) is 0 Å². The van der Waals surface area contributed by atoms with E-state index in [4.69, 9.17) is 0 Å². The van der Waals surface area contributed by atoms with Crippen LogP contribution >= 0.6 is 0 Å². The van der Waals surface area contributed by atoms with Crippen molar-refractivity contribution in [1.82, 2.24) is 4.90 Å². The number of rotatable bonds is 4. The summed E-state index contributed by atoms with van der Waals surface area (Å²) in [6.07, 6.45) is 3.18. The zero-order chi connectivity index (χ0) is 15.6. The van der Waals surface area contributed by atoms with Crippen molar-refractivity contribution in [1.29, 1.82) is 0 Å². The van der Waals surface area contributed by atoms with Crippen LogP contribution in [0.25, 0.3) is 0 Å². The molecule has 116 valence electrons. The van der Waals surface area contributed by atoms with Crippen LogP contribution in [0.1, 0.15) is 42.0 Å². The number of amides is 1. The van der Waals surface area contributed by atoms with Gasteiger partial charge in [-0.1, -0.05) is 18.2 Å². The van der Waals surface area contributed by atoms with Gasteiger partial charge >= 0.3 is 0 Å². The molecule has 0 saturated carbocycles. The highest BCUT2D eigenvalue weighted by molar-refractivity contribution is 7.90. The summed E-state index contributed by atoms with van der Waals surface area (Å²) in [5, 5.41) is 0. The second-order valence-electron chi connectivity index (χ2n) is 5.91. The molecule has 1 atom stereocenters. The van der Waals surface area contributed by atoms with Crippen molar-refractivity contribution in [2.24, 2.45) is 0 Å². The van der Waals surface area contributed by atoms with E-state index in [1.807, 2.05) is 11.0 Å². The van der Waals surface area contributed by atoms with Crippen molar-refractivity contribution in [3.8, 4) is 0 Å². The summed E-state index contributed by atoms with van der Waals surface area (Å²) < 4.78 is 22.5. The summed E-state index contributed by atoms with van der Waals surface area (Å²) in [5.41, 5.74) is 3.65. The van der Waals surface area contributed by atoms with Crippen molar-refractivity contribution < 1.29 is 13.2 Å². The van der Waals surface area contributed by atoms with Gasteiger partial charge in [-0.25, -0.2) is 8.42 Å². The van der Waals surface area contributed by atoms with Gasteiger partial charge in [-0.15, -0.1) is 0 Å². The fraction of sp³-hybridized carbons (Fsp3) is 0.562. The van der Waals surface area contributed by atoms with Crippen molar-refractivity contribution >= 4 is 15.7 Å². The van der Waals surface area contributed by atoms with Crippen LogP contribution in [0.3, 0.4) is 0 Å². The number of hydrogen-bond acceptors (Lipinski definition) is 3. The van der Waals surface area contributed by atoms with Gasteiger partial charge in [0.25, 0.3) is 0 Å². The fourth-order valence-corrected chi connectivity index (χ4v) is 3.49. The molecule has 1 aromatic carbocycles. The van der Waals surface area contributed by atoms with E-state index in [0.717, 1.165) is 19.4 Å². The zero-order valence-electron chi connectivity index (χ0n) is 12.9. The van der Waals surface area contributed by atoms with Crippen LogP contribution in [0, 0.1) is 13.8 Å². The topological polar surface area (TPSA) is 54.5 Å². The molecule has 1 saturated heterocycles. The number of carbonyl (C=O) groups is 1. The van der Waals surface area contributed by atoms with Crippen LogP contribution < -0.4 is 0 Å². The molecule has 4 nitrogen and oxygen atoms in total. The summed E-state index contributed by atoms with van der Waals surface area (Å²) in [6.45, 7) is 4.88. The smallest absolute Gasteiger partial charge is 0.224 e.